The number of carbonyl (C=O) groups excluding carboxylic acids is 2. The van der Waals surface area contributed by atoms with E-state index >= 15 is 0 Å². The van der Waals surface area contributed by atoms with E-state index in [9.17, 15) is 14.7 Å². The minimum Gasteiger partial charge on any atom is -0.393 e. The van der Waals surface area contributed by atoms with Crippen LogP contribution >= 0.6 is 23.4 Å². The van der Waals surface area contributed by atoms with E-state index in [1.54, 1.807) is 12.1 Å². The van der Waals surface area contributed by atoms with Crippen LogP contribution in [0.2, 0.25) is 5.02 Å². The second-order valence-electron chi connectivity index (χ2n) is 6.42. The first-order valence-electron chi connectivity index (χ1n) is 8.19. The number of benzene rings is 1. The number of amides is 3. The average Bonchev–Trinajstić information content (AvgIpc) is 2.85. The highest BCUT2D eigenvalue weighted by molar-refractivity contribution is 8.14. The Morgan fingerprint density at radius 1 is 1.25 bits per heavy atom. The minimum absolute atomic E-state index is 0.0282. The van der Waals surface area contributed by atoms with Crippen LogP contribution in [-0.2, 0) is 0 Å². The molecule has 130 valence electrons. The number of thioether (sulfide) groups is 1. The van der Waals surface area contributed by atoms with E-state index in [1.165, 1.54) is 16.7 Å². The molecule has 5 nitrogen and oxygen atoms in total. The maximum Gasteiger partial charge on any atom is 0.325 e. The van der Waals surface area contributed by atoms with Crippen molar-refractivity contribution in [1.29, 1.82) is 0 Å². The molecule has 1 saturated heterocycles. The van der Waals surface area contributed by atoms with Gasteiger partial charge in [-0.3, -0.25) is 9.69 Å². The quantitative estimate of drug-likeness (QED) is 0.829. The van der Waals surface area contributed by atoms with Crippen molar-refractivity contribution in [2.45, 2.75) is 56.0 Å². The van der Waals surface area contributed by atoms with Crippen LogP contribution in [0.15, 0.2) is 24.3 Å². The molecule has 1 aliphatic carbocycles. The van der Waals surface area contributed by atoms with Gasteiger partial charge in [0, 0.05) is 11.1 Å². The Hall–Kier alpha value is -1.24. The highest BCUT2D eigenvalue weighted by atomic mass is 35.5. The molecule has 0 radical (unpaired) electrons. The molecule has 7 heteroatoms. The highest BCUT2D eigenvalue weighted by Gasteiger charge is 2.42. The van der Waals surface area contributed by atoms with Gasteiger partial charge in [-0.05, 0) is 50.3 Å². The van der Waals surface area contributed by atoms with Crippen LogP contribution in [0.3, 0.4) is 0 Å². The highest BCUT2D eigenvalue weighted by Crippen LogP contribution is 2.43. The molecule has 24 heavy (non-hydrogen) atoms. The summed E-state index contributed by atoms with van der Waals surface area (Å²) < 4.78 is 0. The molecule has 0 aromatic heterocycles. The van der Waals surface area contributed by atoms with Crippen molar-refractivity contribution in [3.63, 3.8) is 0 Å². The van der Waals surface area contributed by atoms with Crippen LogP contribution in [0.5, 0.6) is 0 Å². The number of aliphatic hydroxyl groups is 1. The van der Waals surface area contributed by atoms with Gasteiger partial charge >= 0.3 is 6.03 Å². The smallest absolute Gasteiger partial charge is 0.325 e. The topological polar surface area (TPSA) is 69.6 Å². The van der Waals surface area contributed by atoms with Crippen LogP contribution in [-0.4, -0.2) is 39.5 Å². The van der Waals surface area contributed by atoms with Gasteiger partial charge in [0.25, 0.3) is 5.24 Å². The Morgan fingerprint density at radius 3 is 2.50 bits per heavy atom. The van der Waals surface area contributed by atoms with Gasteiger partial charge in [-0.2, -0.15) is 0 Å². The van der Waals surface area contributed by atoms with E-state index in [-0.39, 0.29) is 34.7 Å². The Kier molecular flexibility index (Phi) is 5.37. The lowest BCUT2D eigenvalue weighted by Crippen LogP contribution is -2.49. The van der Waals surface area contributed by atoms with Crippen LogP contribution < -0.4 is 5.32 Å². The monoisotopic (exact) mass is 368 g/mol. The zero-order chi connectivity index (χ0) is 17.3. The summed E-state index contributed by atoms with van der Waals surface area (Å²) in [4.78, 5) is 26.2. The number of nitrogens with zero attached hydrogens (tertiary/aromatic N) is 1. The number of urea groups is 1. The summed E-state index contributed by atoms with van der Waals surface area (Å²) in [6.45, 7) is 1.89. The number of aliphatic hydroxyl groups excluding tert-OH is 1. The van der Waals surface area contributed by atoms with Gasteiger partial charge in [-0.25, -0.2) is 4.79 Å². The Morgan fingerprint density at radius 2 is 1.88 bits per heavy atom. The molecule has 1 aliphatic heterocycles. The molecule has 3 rings (SSSR count). The summed E-state index contributed by atoms with van der Waals surface area (Å²) in [5, 5.41) is 12.8. The third-order valence-corrected chi connectivity index (χ3v) is 6.28. The molecule has 0 spiro atoms. The van der Waals surface area contributed by atoms with Crippen molar-refractivity contribution in [3.8, 4) is 0 Å². The van der Waals surface area contributed by atoms with Crippen molar-refractivity contribution < 1.29 is 14.7 Å². The van der Waals surface area contributed by atoms with E-state index in [2.05, 4.69) is 5.32 Å². The molecular formula is C17H21ClN2O3S. The summed E-state index contributed by atoms with van der Waals surface area (Å²) in [6, 6.07) is 6.85. The molecule has 1 heterocycles. The van der Waals surface area contributed by atoms with E-state index in [0.717, 1.165) is 18.4 Å². The molecule has 3 amide bonds. The van der Waals surface area contributed by atoms with Gasteiger partial charge in [-0.1, -0.05) is 35.5 Å². The summed E-state index contributed by atoms with van der Waals surface area (Å²) in [6.07, 6.45) is 2.61. The molecule has 2 atom stereocenters. The van der Waals surface area contributed by atoms with Crippen molar-refractivity contribution in [2.75, 3.05) is 0 Å². The summed E-state index contributed by atoms with van der Waals surface area (Å²) >= 11 is 7.09. The van der Waals surface area contributed by atoms with Crippen LogP contribution in [0.25, 0.3) is 0 Å². The Labute approximate surface area is 150 Å². The lowest BCUT2D eigenvalue weighted by Gasteiger charge is -2.29. The maximum absolute atomic E-state index is 12.5. The van der Waals surface area contributed by atoms with Gasteiger partial charge in [-0.15, -0.1) is 0 Å². The van der Waals surface area contributed by atoms with Crippen molar-refractivity contribution in [1.82, 2.24) is 10.2 Å². The molecule has 2 N–H and O–H groups in total. The minimum atomic E-state index is -0.335. The molecule has 2 aliphatic rings. The lowest BCUT2D eigenvalue weighted by atomic mass is 9.93. The Bertz CT molecular complexity index is 617. The zero-order valence-electron chi connectivity index (χ0n) is 13.4. The van der Waals surface area contributed by atoms with Crippen molar-refractivity contribution >= 4 is 34.6 Å². The fraction of sp³-hybridized carbons (Fsp3) is 0.529. The van der Waals surface area contributed by atoms with Gasteiger partial charge in [0.2, 0.25) is 0 Å². The van der Waals surface area contributed by atoms with E-state index in [1.807, 2.05) is 19.1 Å². The predicted molar refractivity (Wildman–Crippen MR) is 95.3 cm³/mol. The largest absolute Gasteiger partial charge is 0.393 e. The third kappa shape index (κ3) is 3.71. The van der Waals surface area contributed by atoms with Gasteiger partial charge in [0.05, 0.1) is 17.4 Å². The molecule has 1 aromatic rings. The van der Waals surface area contributed by atoms with E-state index in [4.69, 9.17) is 11.6 Å². The number of halogens is 1. The average molecular weight is 369 g/mol. The fourth-order valence-corrected chi connectivity index (χ4v) is 4.61. The van der Waals surface area contributed by atoms with Gasteiger partial charge in [0.15, 0.2) is 0 Å². The number of hydrogen-bond acceptors (Lipinski definition) is 4. The first-order valence-corrected chi connectivity index (χ1v) is 9.45. The van der Waals surface area contributed by atoms with Crippen LogP contribution in [0.1, 0.15) is 43.4 Å². The first-order chi connectivity index (χ1) is 11.5. The summed E-state index contributed by atoms with van der Waals surface area (Å²) in [5.74, 6) is 0. The predicted octanol–water partition coefficient (Wildman–Crippen LogP) is 3.95. The summed E-state index contributed by atoms with van der Waals surface area (Å²) in [5.41, 5.74) is 0.987. The van der Waals surface area contributed by atoms with Crippen molar-refractivity contribution in [2.24, 2.45) is 0 Å². The first kappa shape index (κ1) is 17.6. The molecule has 0 bridgehead atoms. The van der Waals surface area contributed by atoms with E-state index < -0.39 is 0 Å². The van der Waals surface area contributed by atoms with Crippen molar-refractivity contribution in [3.05, 3.63) is 34.9 Å². The maximum atomic E-state index is 12.5. The third-order valence-electron chi connectivity index (χ3n) is 4.71. The lowest BCUT2D eigenvalue weighted by molar-refractivity contribution is 0.115. The normalized spacial score (nSPS) is 30.5. The molecular weight excluding hydrogens is 348 g/mol. The zero-order valence-corrected chi connectivity index (χ0v) is 15.0. The standard InChI is InChI=1S/C17H21ClN2O3S/c1-10-15(11-2-4-12(18)5-3-11)24-17(23)20(10)16(22)19-13-6-8-14(21)9-7-13/h2-5,10,13-15,21H,6-9H2,1H3,(H,19,22). The second kappa shape index (κ2) is 7.33. The second-order valence-corrected chi connectivity index (χ2v) is 7.95. The number of rotatable bonds is 2. The molecule has 2 unspecified atom stereocenters. The van der Waals surface area contributed by atoms with Crippen LogP contribution in [0, 0.1) is 0 Å². The Balaban J connectivity index is 1.66. The summed E-state index contributed by atoms with van der Waals surface area (Å²) in [7, 11) is 0. The fourth-order valence-electron chi connectivity index (χ4n) is 3.30. The number of hydrogen-bond donors (Lipinski definition) is 2. The number of nitrogens with one attached hydrogen (secondary N) is 1. The van der Waals surface area contributed by atoms with Gasteiger partial charge < -0.3 is 10.4 Å². The molecule has 1 saturated carbocycles. The molecule has 1 aromatic carbocycles. The number of carbonyl (C=O) groups is 2. The van der Waals surface area contributed by atoms with Crippen LogP contribution in [0.4, 0.5) is 9.59 Å². The van der Waals surface area contributed by atoms with E-state index in [0.29, 0.717) is 17.9 Å². The SMILES string of the molecule is CC1C(c2ccc(Cl)cc2)SC(=O)N1C(=O)NC1CCC(O)CC1. The molecule has 2 fully saturated rings. The van der Waals surface area contributed by atoms with Gasteiger partial charge in [0.1, 0.15) is 0 Å². The number of imide groups is 1.